The molecule has 0 amide bonds. The van der Waals surface area contributed by atoms with Crippen LogP contribution in [0.2, 0.25) is 0 Å². The lowest BCUT2D eigenvalue weighted by atomic mass is 9.89. The van der Waals surface area contributed by atoms with E-state index in [1.54, 1.807) is 24.3 Å². The summed E-state index contributed by atoms with van der Waals surface area (Å²) in [5.41, 5.74) is 0.126. The van der Waals surface area contributed by atoms with Crippen molar-refractivity contribution in [3.8, 4) is 17.2 Å². The molecular weight excluding hydrogens is 456 g/mol. The molecule has 0 spiro atoms. The van der Waals surface area contributed by atoms with Crippen LogP contribution in [0.25, 0.3) is 21.9 Å². The molecule has 0 fully saturated rings. The zero-order chi connectivity index (χ0) is 21.8. The normalized spacial score (nSPS) is 19.8. The Morgan fingerprint density at radius 2 is 1.93 bits per heavy atom. The second-order valence-electron chi connectivity index (χ2n) is 7.60. The summed E-state index contributed by atoms with van der Waals surface area (Å²) in [6.07, 6.45) is -0.721. The number of methoxy groups -OCH3 is 2. The van der Waals surface area contributed by atoms with E-state index in [0.29, 0.717) is 28.0 Å². The Morgan fingerprint density at radius 1 is 1.20 bits per heavy atom. The molecule has 0 aliphatic carbocycles. The van der Waals surface area contributed by atoms with Crippen molar-refractivity contribution in [2.24, 2.45) is 0 Å². The minimum Gasteiger partial charge on any atom is -0.495 e. The summed E-state index contributed by atoms with van der Waals surface area (Å²) in [6.45, 7) is 5.09. The number of ether oxygens (including phenoxy) is 4. The van der Waals surface area contributed by atoms with Crippen molar-refractivity contribution in [3.05, 3.63) is 40.1 Å². The first-order chi connectivity index (χ1) is 14.2. The number of para-hydroxylation sites is 1. The molecule has 0 unspecified atom stereocenters. The van der Waals surface area contributed by atoms with Gasteiger partial charge in [0.15, 0.2) is 17.4 Å². The minimum atomic E-state index is -0.721. The number of benzene rings is 2. The quantitative estimate of drug-likeness (QED) is 0.312. The van der Waals surface area contributed by atoms with Crippen LogP contribution in [0.5, 0.6) is 17.2 Å². The fraction of sp³-hybridized carbons (Fsp3) is 0.364. The van der Waals surface area contributed by atoms with Crippen LogP contribution < -0.4 is 19.6 Å². The van der Waals surface area contributed by atoms with Crippen LogP contribution >= 0.6 is 15.9 Å². The fourth-order valence-electron chi connectivity index (χ4n) is 3.84. The van der Waals surface area contributed by atoms with Gasteiger partial charge >= 0.3 is 5.97 Å². The Balaban J connectivity index is 2.13. The lowest BCUT2D eigenvalue weighted by Gasteiger charge is -2.41. The summed E-state index contributed by atoms with van der Waals surface area (Å²) < 4.78 is 28.9. The molecule has 8 heteroatoms. The van der Waals surface area contributed by atoms with Crippen LogP contribution in [-0.2, 0) is 9.53 Å². The third-order valence-electron chi connectivity index (χ3n) is 5.21. The Labute approximate surface area is 181 Å². The van der Waals surface area contributed by atoms with Crippen molar-refractivity contribution in [1.29, 1.82) is 0 Å². The SMILES string of the molecule is COc1cccc2c(=O)c3c(OC)c4c(cc3oc12)OC(C)(C)[C@@H](Br)[C@@H]4OC(C)=O. The van der Waals surface area contributed by atoms with Gasteiger partial charge in [-0.05, 0) is 26.0 Å². The van der Waals surface area contributed by atoms with Crippen LogP contribution in [0.15, 0.2) is 33.5 Å². The molecular formula is C22H21BrO7. The predicted octanol–water partition coefficient (Wildman–Crippen LogP) is 4.50. The second kappa shape index (κ2) is 7.19. The summed E-state index contributed by atoms with van der Waals surface area (Å²) in [7, 11) is 2.97. The zero-order valence-corrected chi connectivity index (χ0v) is 18.8. The van der Waals surface area contributed by atoms with E-state index in [-0.39, 0.29) is 27.0 Å². The van der Waals surface area contributed by atoms with Crippen LogP contribution in [0.3, 0.4) is 0 Å². The maximum absolute atomic E-state index is 13.4. The summed E-state index contributed by atoms with van der Waals surface area (Å²) in [6, 6.07) is 6.74. The molecule has 0 bridgehead atoms. The fourth-order valence-corrected chi connectivity index (χ4v) is 4.31. The number of rotatable bonds is 3. The van der Waals surface area contributed by atoms with E-state index in [1.807, 2.05) is 13.8 Å². The topological polar surface area (TPSA) is 84.2 Å². The molecule has 0 N–H and O–H groups in total. The molecule has 0 radical (unpaired) electrons. The highest BCUT2D eigenvalue weighted by molar-refractivity contribution is 9.09. The molecule has 7 nitrogen and oxygen atoms in total. The highest BCUT2D eigenvalue weighted by Crippen LogP contribution is 2.51. The molecule has 2 atom stereocenters. The van der Waals surface area contributed by atoms with Crippen molar-refractivity contribution in [2.75, 3.05) is 14.2 Å². The monoisotopic (exact) mass is 476 g/mol. The molecule has 4 rings (SSSR count). The molecule has 30 heavy (non-hydrogen) atoms. The number of hydrogen-bond acceptors (Lipinski definition) is 7. The molecule has 0 saturated carbocycles. The highest BCUT2D eigenvalue weighted by Gasteiger charge is 2.47. The number of halogens is 1. The molecule has 1 aliphatic heterocycles. The molecule has 2 aromatic carbocycles. The smallest absolute Gasteiger partial charge is 0.303 e. The first kappa shape index (κ1) is 20.5. The summed E-state index contributed by atoms with van der Waals surface area (Å²) in [5.74, 6) is 0.671. The highest BCUT2D eigenvalue weighted by atomic mass is 79.9. The number of esters is 1. The molecule has 3 aromatic rings. The average Bonchev–Trinajstić information content (AvgIpc) is 2.69. The number of fused-ring (bicyclic) bond motifs is 3. The van der Waals surface area contributed by atoms with E-state index in [0.717, 1.165) is 0 Å². The Kier molecular flexibility index (Phi) is 4.92. The van der Waals surface area contributed by atoms with Crippen molar-refractivity contribution in [3.63, 3.8) is 0 Å². The summed E-state index contributed by atoms with van der Waals surface area (Å²) in [4.78, 5) is 24.9. The first-order valence-corrected chi connectivity index (χ1v) is 10.3. The Hall–Kier alpha value is -2.74. The van der Waals surface area contributed by atoms with Gasteiger partial charge in [-0.3, -0.25) is 9.59 Å². The molecule has 158 valence electrons. The second-order valence-corrected chi connectivity index (χ2v) is 8.59. The third-order valence-corrected chi connectivity index (χ3v) is 6.80. The predicted molar refractivity (Wildman–Crippen MR) is 115 cm³/mol. The van der Waals surface area contributed by atoms with Crippen LogP contribution in [0, 0.1) is 0 Å². The van der Waals surface area contributed by atoms with Gasteiger partial charge in [0.2, 0.25) is 5.43 Å². The Bertz CT molecular complexity index is 1230. The number of carbonyl (C=O) groups is 1. The van der Waals surface area contributed by atoms with Crippen molar-refractivity contribution >= 4 is 43.8 Å². The maximum atomic E-state index is 13.4. The van der Waals surface area contributed by atoms with Crippen molar-refractivity contribution < 1.29 is 28.2 Å². The number of hydrogen-bond donors (Lipinski definition) is 0. The largest absolute Gasteiger partial charge is 0.495 e. The molecule has 1 aromatic heterocycles. The minimum absolute atomic E-state index is 0.247. The van der Waals surface area contributed by atoms with Gasteiger partial charge in [0.05, 0.1) is 30.0 Å². The molecule has 2 heterocycles. The van der Waals surface area contributed by atoms with E-state index in [1.165, 1.54) is 21.1 Å². The standard InChI is InChI=1S/C22H21BrO7/c1-10(24)28-20-16-14(30-22(2,3)21(20)23)9-13-15(19(16)27-5)17(25)11-7-6-8-12(26-4)18(11)29-13/h6-9,20-21H,1-5H3/t20-,21+/m1/s1. The van der Waals surface area contributed by atoms with Gasteiger partial charge in [0.25, 0.3) is 0 Å². The van der Waals surface area contributed by atoms with Crippen molar-refractivity contribution in [1.82, 2.24) is 0 Å². The zero-order valence-electron chi connectivity index (χ0n) is 17.2. The van der Waals surface area contributed by atoms with Crippen LogP contribution in [-0.4, -0.2) is 30.6 Å². The summed E-state index contributed by atoms with van der Waals surface area (Å²) in [5, 5.41) is 0.605. The molecule has 1 aliphatic rings. The van der Waals surface area contributed by atoms with E-state index >= 15 is 0 Å². The lowest BCUT2D eigenvalue weighted by Crippen LogP contribution is -2.46. The van der Waals surface area contributed by atoms with Gasteiger partial charge in [-0.1, -0.05) is 22.0 Å². The van der Waals surface area contributed by atoms with Gasteiger partial charge in [-0.25, -0.2) is 0 Å². The van der Waals surface area contributed by atoms with Gasteiger partial charge in [0, 0.05) is 13.0 Å². The van der Waals surface area contributed by atoms with Crippen LogP contribution in [0.4, 0.5) is 0 Å². The van der Waals surface area contributed by atoms with Gasteiger partial charge in [-0.15, -0.1) is 0 Å². The van der Waals surface area contributed by atoms with E-state index < -0.39 is 17.7 Å². The van der Waals surface area contributed by atoms with E-state index in [9.17, 15) is 9.59 Å². The lowest BCUT2D eigenvalue weighted by molar-refractivity contribution is -0.149. The summed E-state index contributed by atoms with van der Waals surface area (Å²) >= 11 is 3.60. The maximum Gasteiger partial charge on any atom is 0.303 e. The molecule has 0 saturated heterocycles. The van der Waals surface area contributed by atoms with E-state index in [4.69, 9.17) is 23.4 Å². The van der Waals surface area contributed by atoms with Gasteiger partial charge in [0.1, 0.15) is 28.1 Å². The van der Waals surface area contributed by atoms with E-state index in [2.05, 4.69) is 15.9 Å². The van der Waals surface area contributed by atoms with Crippen LogP contribution in [0.1, 0.15) is 32.4 Å². The van der Waals surface area contributed by atoms with Crippen molar-refractivity contribution in [2.45, 2.75) is 37.3 Å². The van der Waals surface area contributed by atoms with Gasteiger partial charge < -0.3 is 23.4 Å². The Morgan fingerprint density at radius 3 is 2.57 bits per heavy atom. The third kappa shape index (κ3) is 3.01. The van der Waals surface area contributed by atoms with Gasteiger partial charge in [-0.2, -0.15) is 0 Å². The number of alkyl halides is 1. The number of carbonyl (C=O) groups excluding carboxylic acids is 1. The average molecular weight is 477 g/mol. The first-order valence-electron chi connectivity index (χ1n) is 9.34.